The van der Waals surface area contributed by atoms with Crippen molar-refractivity contribution >= 4 is 23.8 Å². The van der Waals surface area contributed by atoms with Gasteiger partial charge in [0.1, 0.15) is 30.4 Å². The summed E-state index contributed by atoms with van der Waals surface area (Å²) in [5, 5.41) is 11.5. The van der Waals surface area contributed by atoms with Gasteiger partial charge in [0.15, 0.2) is 12.4 Å². The molecule has 1 atom stereocenters. The number of amides is 1. The first-order chi connectivity index (χ1) is 17.0. The number of aryl methyl sites for hydroxylation is 1. The first-order valence-electron chi connectivity index (χ1n) is 11.1. The molecule has 202 valence electrons. The molecule has 2 rings (SSSR count). The average Bonchev–Trinajstić information content (AvgIpc) is 2.79. The van der Waals surface area contributed by atoms with Crippen molar-refractivity contribution in [3.8, 4) is 5.75 Å². The molecular formula is C25H29F3N2O7. The zero-order valence-corrected chi connectivity index (χ0v) is 21.0. The molecule has 0 fully saturated rings. The monoisotopic (exact) mass is 526 g/mol. The number of halogens is 3. The number of pyridine rings is 1. The summed E-state index contributed by atoms with van der Waals surface area (Å²) in [5.41, 5.74) is 0.632. The first kappa shape index (κ1) is 31.1. The molecule has 12 heteroatoms. The van der Waals surface area contributed by atoms with Crippen molar-refractivity contribution in [2.75, 3.05) is 6.61 Å². The molecule has 1 unspecified atom stereocenters. The minimum atomic E-state index is -5.19. The fourth-order valence-electron chi connectivity index (χ4n) is 2.59. The summed E-state index contributed by atoms with van der Waals surface area (Å²) in [5.74, 6) is -3.78. The number of carbonyl (C=O) groups is 4. The Balaban J connectivity index is 0.000000856. The third-order valence-corrected chi connectivity index (χ3v) is 4.50. The van der Waals surface area contributed by atoms with E-state index in [1.54, 1.807) is 74.9 Å². The number of aliphatic carboxylic acids is 1. The number of hydrogen-bond donors (Lipinski definition) is 1. The molecule has 9 nitrogen and oxygen atoms in total. The maximum atomic E-state index is 12.6. The summed E-state index contributed by atoms with van der Waals surface area (Å²) in [7, 11) is 1.81. The SMILES string of the molecule is CCOC(=O)C(Cc1ccc(OC(=O)C(C)(C)C)cc1)NC(=O)c1ccc[n+](C)c1.O=C([O-])C(F)(F)F. The third-order valence-electron chi connectivity index (χ3n) is 4.50. The second-order valence-electron chi connectivity index (χ2n) is 8.81. The van der Waals surface area contributed by atoms with Crippen molar-refractivity contribution in [2.24, 2.45) is 12.5 Å². The van der Waals surface area contributed by atoms with Gasteiger partial charge in [0, 0.05) is 12.5 Å². The summed E-state index contributed by atoms with van der Waals surface area (Å²) in [4.78, 5) is 45.8. The first-order valence-corrected chi connectivity index (χ1v) is 11.1. The van der Waals surface area contributed by atoms with Crippen LogP contribution in [0.5, 0.6) is 5.75 Å². The van der Waals surface area contributed by atoms with Crippen LogP contribution >= 0.6 is 0 Å². The minimum absolute atomic E-state index is 0.215. The molecule has 2 aromatic rings. The van der Waals surface area contributed by atoms with Crippen molar-refractivity contribution in [1.82, 2.24) is 5.32 Å². The van der Waals surface area contributed by atoms with Gasteiger partial charge >= 0.3 is 18.1 Å². The van der Waals surface area contributed by atoms with Crippen LogP contribution < -0.4 is 19.7 Å². The van der Waals surface area contributed by atoms with Crippen molar-refractivity contribution in [3.63, 3.8) is 0 Å². The van der Waals surface area contributed by atoms with Gasteiger partial charge < -0.3 is 24.7 Å². The number of aromatic nitrogens is 1. The molecule has 1 heterocycles. The van der Waals surface area contributed by atoms with Gasteiger partial charge in [0.05, 0.1) is 12.0 Å². The van der Waals surface area contributed by atoms with Gasteiger partial charge in [0.25, 0.3) is 5.91 Å². The van der Waals surface area contributed by atoms with Crippen molar-refractivity contribution in [1.29, 1.82) is 0 Å². The Morgan fingerprint density at radius 3 is 2.08 bits per heavy atom. The highest BCUT2D eigenvalue weighted by Crippen LogP contribution is 2.20. The Morgan fingerprint density at radius 2 is 1.62 bits per heavy atom. The minimum Gasteiger partial charge on any atom is -0.542 e. The highest BCUT2D eigenvalue weighted by Gasteiger charge is 2.29. The molecule has 1 N–H and O–H groups in total. The summed E-state index contributed by atoms with van der Waals surface area (Å²) in [6, 6.07) is 9.44. The topological polar surface area (TPSA) is 126 Å². The van der Waals surface area contributed by atoms with E-state index in [1.807, 2.05) is 13.2 Å². The molecule has 0 aliphatic carbocycles. The van der Waals surface area contributed by atoms with Gasteiger partial charge in [-0.05, 0) is 51.5 Å². The van der Waals surface area contributed by atoms with Gasteiger partial charge in [-0.25, -0.2) is 9.36 Å². The molecule has 0 aliphatic heterocycles. The Morgan fingerprint density at radius 1 is 1.05 bits per heavy atom. The Kier molecular flexibility index (Phi) is 11.2. The highest BCUT2D eigenvalue weighted by molar-refractivity contribution is 5.96. The maximum absolute atomic E-state index is 12.6. The molecule has 0 bridgehead atoms. The van der Waals surface area contributed by atoms with E-state index in [9.17, 15) is 27.6 Å². The van der Waals surface area contributed by atoms with Crippen LogP contribution in [-0.4, -0.2) is 42.6 Å². The van der Waals surface area contributed by atoms with Crippen molar-refractivity contribution in [3.05, 3.63) is 59.9 Å². The van der Waals surface area contributed by atoms with E-state index >= 15 is 0 Å². The number of alkyl halides is 3. The van der Waals surface area contributed by atoms with Crippen LogP contribution in [-0.2, 0) is 32.6 Å². The van der Waals surface area contributed by atoms with Crippen LogP contribution in [0.3, 0.4) is 0 Å². The van der Waals surface area contributed by atoms with Crippen molar-refractivity contribution in [2.45, 2.75) is 46.3 Å². The van der Waals surface area contributed by atoms with Gasteiger partial charge in [-0.2, -0.15) is 13.2 Å². The van der Waals surface area contributed by atoms with E-state index in [1.165, 1.54) is 0 Å². The smallest absolute Gasteiger partial charge is 0.430 e. The van der Waals surface area contributed by atoms with E-state index in [-0.39, 0.29) is 24.9 Å². The zero-order valence-electron chi connectivity index (χ0n) is 21.0. The van der Waals surface area contributed by atoms with Crippen LogP contribution in [0, 0.1) is 5.41 Å². The Hall–Kier alpha value is -3.96. The third kappa shape index (κ3) is 11.1. The number of benzene rings is 1. The zero-order chi connectivity index (χ0) is 28.4. The lowest BCUT2D eigenvalue weighted by atomic mass is 9.97. The number of esters is 2. The number of carbonyl (C=O) groups excluding carboxylic acids is 4. The fraction of sp³-hybridized carbons (Fsp3) is 0.400. The van der Waals surface area contributed by atoms with Crippen LogP contribution in [0.1, 0.15) is 43.6 Å². The number of nitrogens with zero attached hydrogens (tertiary/aromatic N) is 1. The predicted octanol–water partition coefficient (Wildman–Crippen LogP) is 1.67. The number of carboxylic acids is 1. The molecular weight excluding hydrogens is 497 g/mol. The molecule has 0 saturated carbocycles. The molecule has 0 spiro atoms. The van der Waals surface area contributed by atoms with Crippen LogP contribution in [0.15, 0.2) is 48.8 Å². The van der Waals surface area contributed by atoms with E-state index in [0.717, 1.165) is 5.56 Å². The fourth-order valence-corrected chi connectivity index (χ4v) is 2.59. The normalized spacial score (nSPS) is 11.9. The lowest BCUT2D eigenvalue weighted by molar-refractivity contribution is -0.671. The number of hydrogen-bond acceptors (Lipinski definition) is 7. The van der Waals surface area contributed by atoms with Crippen molar-refractivity contribution < 1.29 is 51.5 Å². The molecule has 1 aromatic heterocycles. The lowest BCUT2D eigenvalue weighted by Gasteiger charge is -2.18. The second kappa shape index (κ2) is 13.4. The van der Waals surface area contributed by atoms with Gasteiger partial charge in [-0.3, -0.25) is 9.59 Å². The summed E-state index contributed by atoms with van der Waals surface area (Å²) >= 11 is 0. The molecule has 1 amide bonds. The molecule has 1 aromatic carbocycles. The number of carboxylic acid groups (broad SMARTS) is 1. The predicted molar refractivity (Wildman–Crippen MR) is 122 cm³/mol. The number of ether oxygens (including phenoxy) is 2. The largest absolute Gasteiger partial charge is 0.542 e. The molecule has 0 aliphatic rings. The van der Waals surface area contributed by atoms with E-state index in [4.69, 9.17) is 19.4 Å². The summed E-state index contributed by atoms with van der Waals surface area (Å²) < 4.78 is 43.8. The standard InChI is InChI=1S/C23H28N2O5.C2HF3O2/c1-6-29-21(27)19(24-20(26)17-8-7-13-25(5)15-17)14-16-9-11-18(12-10-16)30-22(28)23(2,3)4;3-2(4,5)1(6)7/h7-13,15,19H,6,14H2,1-5H3;(H,6,7). The maximum Gasteiger partial charge on any atom is 0.430 e. The van der Waals surface area contributed by atoms with Crippen LogP contribution in [0.2, 0.25) is 0 Å². The Bertz CT molecular complexity index is 1090. The quantitative estimate of drug-likeness (QED) is 0.331. The number of rotatable bonds is 7. The van der Waals surface area contributed by atoms with E-state index < -0.39 is 29.6 Å². The van der Waals surface area contributed by atoms with E-state index in [2.05, 4.69) is 5.32 Å². The summed E-state index contributed by atoms with van der Waals surface area (Å²) in [6.45, 7) is 7.27. The molecule has 0 radical (unpaired) electrons. The van der Waals surface area contributed by atoms with Crippen LogP contribution in [0.4, 0.5) is 13.2 Å². The molecule has 37 heavy (non-hydrogen) atoms. The van der Waals surface area contributed by atoms with Gasteiger partial charge in [0.2, 0.25) is 0 Å². The highest BCUT2D eigenvalue weighted by atomic mass is 19.4. The van der Waals surface area contributed by atoms with E-state index in [0.29, 0.717) is 11.3 Å². The lowest BCUT2D eigenvalue weighted by Crippen LogP contribution is -2.44. The average molecular weight is 527 g/mol. The number of nitrogens with one attached hydrogen (secondary N) is 1. The van der Waals surface area contributed by atoms with Crippen LogP contribution in [0.25, 0.3) is 0 Å². The second-order valence-corrected chi connectivity index (χ2v) is 8.81. The Labute approximate surface area is 212 Å². The molecule has 0 saturated heterocycles. The van der Waals surface area contributed by atoms with Gasteiger partial charge in [-0.1, -0.05) is 12.1 Å². The van der Waals surface area contributed by atoms with Gasteiger partial charge in [-0.15, -0.1) is 0 Å². The summed E-state index contributed by atoms with van der Waals surface area (Å²) in [6.07, 6.45) is -1.46.